The summed E-state index contributed by atoms with van der Waals surface area (Å²) in [5.41, 5.74) is 0.271. The Hall–Kier alpha value is -2.02. The van der Waals surface area contributed by atoms with E-state index in [0.717, 1.165) is 16.7 Å². The molecule has 6 nitrogen and oxygen atoms in total. The molecule has 2 aromatic rings. The fraction of sp³-hybridized carbons (Fsp3) is 0.438. The average molecular weight is 336 g/mol. The van der Waals surface area contributed by atoms with Gasteiger partial charge in [0.1, 0.15) is 12.3 Å². The molecule has 7 heteroatoms. The monoisotopic (exact) mass is 336 g/mol. The zero-order chi connectivity index (χ0) is 16.7. The van der Waals surface area contributed by atoms with Gasteiger partial charge in [0, 0.05) is 17.1 Å². The topological polar surface area (TPSA) is 77.4 Å². The molecule has 0 spiro atoms. The third kappa shape index (κ3) is 3.34. The molecular weight excluding hydrogens is 316 g/mol. The maximum Gasteiger partial charge on any atom is 0.240 e. The Morgan fingerprint density at radius 1 is 1.39 bits per heavy atom. The molecule has 1 N–H and O–H groups in total. The van der Waals surface area contributed by atoms with Gasteiger partial charge >= 0.3 is 0 Å². The second kappa shape index (κ2) is 5.56. The van der Waals surface area contributed by atoms with E-state index in [-0.39, 0.29) is 24.0 Å². The van der Waals surface area contributed by atoms with Crippen LogP contribution in [0.1, 0.15) is 13.3 Å². The van der Waals surface area contributed by atoms with Crippen LogP contribution in [0.3, 0.4) is 0 Å². The highest BCUT2D eigenvalue weighted by Crippen LogP contribution is 2.24. The minimum atomic E-state index is -3.04. The van der Waals surface area contributed by atoms with Crippen molar-refractivity contribution in [2.75, 3.05) is 18.6 Å². The second-order valence-electron chi connectivity index (χ2n) is 6.32. The minimum absolute atomic E-state index is 0.00929. The number of fused-ring (bicyclic) bond motifs is 1. The van der Waals surface area contributed by atoms with Crippen molar-refractivity contribution in [3.63, 3.8) is 0 Å². The Morgan fingerprint density at radius 2 is 2.17 bits per heavy atom. The highest BCUT2D eigenvalue weighted by molar-refractivity contribution is 7.91. The number of nitrogens with zero attached hydrogens (tertiary/aromatic N) is 1. The first-order chi connectivity index (χ1) is 10.8. The molecule has 1 aliphatic heterocycles. The number of methoxy groups -OCH3 is 1. The van der Waals surface area contributed by atoms with Gasteiger partial charge < -0.3 is 14.6 Å². The zero-order valence-electron chi connectivity index (χ0n) is 13.2. The molecule has 2 heterocycles. The number of nitrogens with one attached hydrogen (secondary N) is 1. The van der Waals surface area contributed by atoms with Crippen LogP contribution in [0, 0.1) is 0 Å². The number of hydrogen-bond acceptors (Lipinski definition) is 4. The number of hydrogen-bond donors (Lipinski definition) is 1. The van der Waals surface area contributed by atoms with Gasteiger partial charge in [0.15, 0.2) is 9.84 Å². The van der Waals surface area contributed by atoms with Gasteiger partial charge in [0.25, 0.3) is 0 Å². The van der Waals surface area contributed by atoms with Crippen molar-refractivity contribution in [1.82, 2.24) is 9.88 Å². The standard InChI is InChI=1S/C16H20N2O4S/c1-16(6-8-23(20,21)11-16)17-15(19)10-18-7-5-12-9-13(22-2)3-4-14(12)18/h3-5,7,9H,6,8,10-11H2,1-2H3,(H,17,19)/t16-/m0/s1. The third-order valence-electron chi connectivity index (χ3n) is 4.24. The summed E-state index contributed by atoms with van der Waals surface area (Å²) in [6.45, 7) is 1.94. The van der Waals surface area contributed by atoms with Crippen LogP contribution >= 0.6 is 0 Å². The van der Waals surface area contributed by atoms with E-state index >= 15 is 0 Å². The molecule has 1 aromatic carbocycles. The predicted molar refractivity (Wildman–Crippen MR) is 88.3 cm³/mol. The molecule has 1 fully saturated rings. The van der Waals surface area contributed by atoms with Gasteiger partial charge in [-0.05, 0) is 37.6 Å². The van der Waals surface area contributed by atoms with Gasteiger partial charge in [-0.2, -0.15) is 0 Å². The van der Waals surface area contributed by atoms with Crippen LogP contribution in [-0.2, 0) is 21.2 Å². The molecule has 0 unspecified atom stereocenters. The number of benzene rings is 1. The van der Waals surface area contributed by atoms with E-state index in [1.807, 2.05) is 35.0 Å². The summed E-state index contributed by atoms with van der Waals surface area (Å²) in [4.78, 5) is 12.3. The SMILES string of the molecule is COc1ccc2c(ccn2CC(=O)N[C@@]2(C)CCS(=O)(=O)C2)c1. The highest BCUT2D eigenvalue weighted by Gasteiger charge is 2.39. The maximum atomic E-state index is 12.3. The van der Waals surface area contributed by atoms with E-state index in [1.54, 1.807) is 14.0 Å². The fourth-order valence-electron chi connectivity index (χ4n) is 3.08. The van der Waals surface area contributed by atoms with Gasteiger partial charge in [-0.1, -0.05) is 0 Å². The summed E-state index contributed by atoms with van der Waals surface area (Å²) in [6, 6.07) is 7.59. The Bertz CT molecular complexity index is 856. The number of sulfone groups is 1. The van der Waals surface area contributed by atoms with Crippen molar-refractivity contribution in [2.24, 2.45) is 0 Å². The van der Waals surface area contributed by atoms with Crippen molar-refractivity contribution in [3.8, 4) is 5.75 Å². The van der Waals surface area contributed by atoms with Crippen LogP contribution in [0.2, 0.25) is 0 Å². The lowest BCUT2D eigenvalue weighted by atomic mass is 10.0. The summed E-state index contributed by atoms with van der Waals surface area (Å²) >= 11 is 0. The first kappa shape index (κ1) is 15.9. The van der Waals surface area contributed by atoms with Crippen LogP contribution in [-0.4, -0.2) is 43.0 Å². The summed E-state index contributed by atoms with van der Waals surface area (Å²) in [5, 5.41) is 3.87. The lowest BCUT2D eigenvalue weighted by molar-refractivity contribution is -0.123. The molecule has 3 rings (SSSR count). The van der Waals surface area contributed by atoms with E-state index in [0.29, 0.717) is 6.42 Å². The molecule has 0 saturated carbocycles. The van der Waals surface area contributed by atoms with Crippen molar-refractivity contribution >= 4 is 26.6 Å². The first-order valence-corrected chi connectivity index (χ1v) is 9.27. The van der Waals surface area contributed by atoms with E-state index in [4.69, 9.17) is 4.74 Å². The van der Waals surface area contributed by atoms with E-state index in [2.05, 4.69) is 5.32 Å². The average Bonchev–Trinajstić information content (AvgIpc) is 2.99. The number of amides is 1. The third-order valence-corrected chi connectivity index (χ3v) is 6.14. The number of aromatic nitrogens is 1. The number of ether oxygens (including phenoxy) is 1. The first-order valence-electron chi connectivity index (χ1n) is 7.45. The lowest BCUT2D eigenvalue weighted by Crippen LogP contribution is -2.48. The van der Waals surface area contributed by atoms with E-state index in [1.165, 1.54) is 0 Å². The van der Waals surface area contributed by atoms with Gasteiger partial charge in [0.2, 0.25) is 5.91 Å². The Labute approximate surface area is 135 Å². The maximum absolute atomic E-state index is 12.3. The number of carbonyl (C=O) groups excluding carboxylic acids is 1. The van der Waals surface area contributed by atoms with Gasteiger partial charge in [-0.15, -0.1) is 0 Å². The quantitative estimate of drug-likeness (QED) is 0.914. The Balaban J connectivity index is 1.73. The number of carbonyl (C=O) groups is 1. The van der Waals surface area contributed by atoms with Gasteiger partial charge in [-0.3, -0.25) is 4.79 Å². The molecular formula is C16H20N2O4S. The summed E-state index contributed by atoms with van der Waals surface area (Å²) in [6.07, 6.45) is 2.31. The molecule has 0 radical (unpaired) electrons. The molecule has 124 valence electrons. The second-order valence-corrected chi connectivity index (χ2v) is 8.50. The summed E-state index contributed by atoms with van der Waals surface area (Å²) in [7, 11) is -1.43. The minimum Gasteiger partial charge on any atom is -0.497 e. The van der Waals surface area contributed by atoms with Gasteiger partial charge in [-0.25, -0.2) is 8.42 Å². The van der Waals surface area contributed by atoms with Crippen molar-refractivity contribution in [3.05, 3.63) is 30.5 Å². The van der Waals surface area contributed by atoms with Crippen LogP contribution in [0.15, 0.2) is 30.5 Å². The molecule has 1 atom stereocenters. The Kier molecular flexibility index (Phi) is 3.83. The fourth-order valence-corrected chi connectivity index (χ4v) is 5.18. The van der Waals surface area contributed by atoms with E-state index < -0.39 is 15.4 Å². The van der Waals surface area contributed by atoms with Crippen LogP contribution in [0.25, 0.3) is 10.9 Å². The zero-order valence-corrected chi connectivity index (χ0v) is 14.0. The van der Waals surface area contributed by atoms with Crippen LogP contribution in [0.4, 0.5) is 0 Å². The van der Waals surface area contributed by atoms with Crippen molar-refractivity contribution in [1.29, 1.82) is 0 Å². The lowest BCUT2D eigenvalue weighted by Gasteiger charge is -2.24. The molecule has 1 aromatic heterocycles. The molecule has 0 aliphatic carbocycles. The summed E-state index contributed by atoms with van der Waals surface area (Å²) in [5.74, 6) is 0.729. The van der Waals surface area contributed by atoms with Crippen LogP contribution in [0.5, 0.6) is 5.75 Å². The van der Waals surface area contributed by atoms with Crippen LogP contribution < -0.4 is 10.1 Å². The molecule has 1 saturated heterocycles. The molecule has 1 aliphatic rings. The predicted octanol–water partition coefficient (Wildman–Crippen LogP) is 1.34. The molecule has 23 heavy (non-hydrogen) atoms. The van der Waals surface area contributed by atoms with Gasteiger partial charge in [0.05, 0.1) is 24.2 Å². The Morgan fingerprint density at radius 3 is 2.83 bits per heavy atom. The van der Waals surface area contributed by atoms with Crippen molar-refractivity contribution in [2.45, 2.75) is 25.4 Å². The van der Waals surface area contributed by atoms with E-state index in [9.17, 15) is 13.2 Å². The number of rotatable bonds is 4. The largest absolute Gasteiger partial charge is 0.497 e. The highest BCUT2D eigenvalue weighted by atomic mass is 32.2. The molecule has 0 bridgehead atoms. The normalized spacial score (nSPS) is 23.0. The smallest absolute Gasteiger partial charge is 0.240 e. The molecule has 1 amide bonds. The van der Waals surface area contributed by atoms with Crippen molar-refractivity contribution < 1.29 is 17.9 Å². The summed E-state index contributed by atoms with van der Waals surface area (Å²) < 4.78 is 30.3.